The van der Waals surface area contributed by atoms with Gasteiger partial charge in [-0.05, 0) is 35.6 Å². The predicted octanol–water partition coefficient (Wildman–Crippen LogP) is 1.98. The van der Waals surface area contributed by atoms with E-state index >= 15 is 0 Å². The first-order valence-corrected chi connectivity index (χ1v) is 4.07. The third kappa shape index (κ3) is 1.74. The van der Waals surface area contributed by atoms with E-state index < -0.39 is 5.97 Å². The number of hydrogen-bond acceptors (Lipinski definition) is 3. The van der Waals surface area contributed by atoms with Crippen LogP contribution in [0.1, 0.15) is 16.1 Å². The molecule has 1 aromatic rings. The zero-order valence-corrected chi connectivity index (χ0v) is 8.34. The van der Waals surface area contributed by atoms with Crippen LogP contribution >= 0.6 is 22.6 Å². The van der Waals surface area contributed by atoms with Gasteiger partial charge in [-0.3, -0.25) is 0 Å². The molecule has 1 rings (SSSR count). The Kier molecular flexibility index (Phi) is 2.53. The normalized spacial score (nSPS) is 9.73. The van der Waals surface area contributed by atoms with Crippen molar-refractivity contribution in [2.45, 2.75) is 6.92 Å². The van der Waals surface area contributed by atoms with Crippen LogP contribution in [0.2, 0.25) is 0 Å². The SMILES string of the molecule is COC(=O)c1oc(I)cc1C. The number of hydrogen-bond donors (Lipinski definition) is 0. The number of furan rings is 1. The molecule has 11 heavy (non-hydrogen) atoms. The van der Waals surface area contributed by atoms with E-state index in [0.29, 0.717) is 3.77 Å². The zero-order chi connectivity index (χ0) is 8.43. The van der Waals surface area contributed by atoms with Crippen LogP contribution in [0.4, 0.5) is 0 Å². The summed E-state index contributed by atoms with van der Waals surface area (Å²) in [5, 5.41) is 0. The fourth-order valence-electron chi connectivity index (χ4n) is 0.739. The van der Waals surface area contributed by atoms with Crippen LogP contribution in [-0.4, -0.2) is 13.1 Å². The second-order valence-corrected chi connectivity index (χ2v) is 3.12. The van der Waals surface area contributed by atoms with Crippen molar-refractivity contribution in [2.24, 2.45) is 0 Å². The third-order valence-corrected chi connectivity index (χ3v) is 1.79. The maximum Gasteiger partial charge on any atom is 0.374 e. The molecule has 0 aromatic carbocycles. The lowest BCUT2D eigenvalue weighted by Gasteiger charge is -1.93. The number of rotatable bonds is 1. The maximum absolute atomic E-state index is 10.9. The summed E-state index contributed by atoms with van der Waals surface area (Å²) >= 11 is 2.00. The van der Waals surface area contributed by atoms with Crippen molar-refractivity contribution in [1.29, 1.82) is 0 Å². The Morgan fingerprint density at radius 1 is 1.73 bits per heavy atom. The van der Waals surface area contributed by atoms with E-state index in [1.807, 2.05) is 22.6 Å². The summed E-state index contributed by atoms with van der Waals surface area (Å²) in [4.78, 5) is 10.9. The molecule has 4 heteroatoms. The number of methoxy groups -OCH3 is 1. The average molecular weight is 266 g/mol. The van der Waals surface area contributed by atoms with Gasteiger partial charge in [-0.15, -0.1) is 0 Å². The molecule has 0 unspecified atom stereocenters. The van der Waals surface area contributed by atoms with Crippen molar-refractivity contribution < 1.29 is 13.9 Å². The Hall–Kier alpha value is -0.520. The van der Waals surface area contributed by atoms with Crippen molar-refractivity contribution in [2.75, 3.05) is 7.11 Å². The molecule has 0 aliphatic carbocycles. The van der Waals surface area contributed by atoms with Gasteiger partial charge in [0.25, 0.3) is 0 Å². The number of aryl methyl sites for hydroxylation is 1. The minimum absolute atomic E-state index is 0.289. The molecule has 1 aromatic heterocycles. The van der Waals surface area contributed by atoms with Crippen molar-refractivity contribution in [3.05, 3.63) is 21.2 Å². The summed E-state index contributed by atoms with van der Waals surface area (Å²) in [6.45, 7) is 1.80. The first-order valence-electron chi connectivity index (χ1n) is 2.99. The molecule has 60 valence electrons. The molecule has 0 N–H and O–H groups in total. The molecule has 0 fully saturated rings. The van der Waals surface area contributed by atoms with Crippen LogP contribution in [0.15, 0.2) is 10.5 Å². The second kappa shape index (κ2) is 3.25. The number of carbonyl (C=O) groups excluding carboxylic acids is 1. The van der Waals surface area contributed by atoms with Crippen molar-refractivity contribution >= 4 is 28.6 Å². The van der Waals surface area contributed by atoms with Crippen molar-refractivity contribution in [3.63, 3.8) is 0 Å². The molecule has 0 bridgehead atoms. The van der Waals surface area contributed by atoms with E-state index in [2.05, 4.69) is 4.74 Å². The maximum atomic E-state index is 10.9. The van der Waals surface area contributed by atoms with Crippen LogP contribution in [0.5, 0.6) is 0 Å². The molecule has 0 spiro atoms. The number of ether oxygens (including phenoxy) is 1. The highest BCUT2D eigenvalue weighted by Gasteiger charge is 2.14. The topological polar surface area (TPSA) is 39.4 Å². The number of carbonyl (C=O) groups is 1. The second-order valence-electron chi connectivity index (χ2n) is 2.05. The Bertz CT molecular complexity index is 277. The van der Waals surface area contributed by atoms with Crippen molar-refractivity contribution in [3.8, 4) is 0 Å². The molecule has 3 nitrogen and oxygen atoms in total. The van der Waals surface area contributed by atoms with E-state index in [0.717, 1.165) is 5.56 Å². The summed E-state index contributed by atoms with van der Waals surface area (Å²) in [5.41, 5.74) is 0.807. The fourth-order valence-corrected chi connectivity index (χ4v) is 1.43. The summed E-state index contributed by atoms with van der Waals surface area (Å²) < 4.78 is 10.3. The Labute approximate surface area is 77.9 Å². The highest BCUT2D eigenvalue weighted by Crippen LogP contribution is 2.16. The van der Waals surface area contributed by atoms with Gasteiger partial charge < -0.3 is 9.15 Å². The Morgan fingerprint density at radius 2 is 2.36 bits per heavy atom. The molecule has 0 aliphatic rings. The molecule has 0 atom stereocenters. The number of esters is 1. The van der Waals surface area contributed by atoms with Crippen LogP contribution in [-0.2, 0) is 4.74 Å². The van der Waals surface area contributed by atoms with Gasteiger partial charge in [0.1, 0.15) is 0 Å². The van der Waals surface area contributed by atoms with Gasteiger partial charge in [-0.2, -0.15) is 0 Å². The minimum Gasteiger partial charge on any atom is -0.463 e. The molecular formula is C7H7IO3. The molecular weight excluding hydrogens is 259 g/mol. The molecule has 0 saturated heterocycles. The van der Waals surface area contributed by atoms with Crippen LogP contribution in [0.25, 0.3) is 0 Å². The van der Waals surface area contributed by atoms with E-state index in [1.54, 1.807) is 13.0 Å². The van der Waals surface area contributed by atoms with Crippen LogP contribution in [0, 0.1) is 10.7 Å². The van der Waals surface area contributed by atoms with Crippen LogP contribution in [0.3, 0.4) is 0 Å². The third-order valence-electron chi connectivity index (χ3n) is 1.26. The van der Waals surface area contributed by atoms with Gasteiger partial charge in [-0.25, -0.2) is 4.79 Å². The predicted molar refractivity (Wildman–Crippen MR) is 47.5 cm³/mol. The molecule has 0 radical (unpaired) electrons. The van der Waals surface area contributed by atoms with Gasteiger partial charge in [0.15, 0.2) is 3.77 Å². The van der Waals surface area contributed by atoms with E-state index in [-0.39, 0.29) is 5.76 Å². The summed E-state index contributed by atoms with van der Waals surface area (Å²) in [6.07, 6.45) is 0. The number of halogens is 1. The van der Waals surface area contributed by atoms with Gasteiger partial charge in [0.05, 0.1) is 7.11 Å². The van der Waals surface area contributed by atoms with Crippen LogP contribution < -0.4 is 0 Å². The quantitative estimate of drug-likeness (QED) is 0.576. The molecule has 1 heterocycles. The first-order chi connectivity index (χ1) is 5.15. The van der Waals surface area contributed by atoms with Gasteiger partial charge in [0, 0.05) is 5.56 Å². The summed E-state index contributed by atoms with van der Waals surface area (Å²) in [5.74, 6) is -0.137. The standard InChI is InChI=1S/C7H7IO3/c1-4-3-5(8)11-6(4)7(9)10-2/h3H,1-2H3. The first kappa shape index (κ1) is 8.58. The van der Waals surface area contributed by atoms with E-state index in [4.69, 9.17) is 4.42 Å². The molecule has 0 saturated carbocycles. The fraction of sp³-hybridized carbons (Fsp3) is 0.286. The Balaban J connectivity index is 3.03. The lowest BCUT2D eigenvalue weighted by molar-refractivity contribution is 0.0562. The highest BCUT2D eigenvalue weighted by atomic mass is 127. The monoisotopic (exact) mass is 266 g/mol. The van der Waals surface area contributed by atoms with Gasteiger partial charge in [0.2, 0.25) is 5.76 Å². The lowest BCUT2D eigenvalue weighted by Crippen LogP contribution is -2.00. The van der Waals surface area contributed by atoms with E-state index in [1.165, 1.54) is 7.11 Å². The Morgan fingerprint density at radius 3 is 2.73 bits per heavy atom. The summed E-state index contributed by atoms with van der Waals surface area (Å²) in [6, 6.07) is 1.78. The average Bonchev–Trinajstić information content (AvgIpc) is 2.28. The molecule has 0 amide bonds. The smallest absolute Gasteiger partial charge is 0.374 e. The largest absolute Gasteiger partial charge is 0.463 e. The van der Waals surface area contributed by atoms with Crippen molar-refractivity contribution in [1.82, 2.24) is 0 Å². The highest BCUT2D eigenvalue weighted by molar-refractivity contribution is 14.1. The van der Waals surface area contributed by atoms with Gasteiger partial charge >= 0.3 is 5.97 Å². The minimum atomic E-state index is -0.426. The van der Waals surface area contributed by atoms with E-state index in [9.17, 15) is 4.79 Å². The lowest BCUT2D eigenvalue weighted by atomic mass is 10.3. The summed E-state index contributed by atoms with van der Waals surface area (Å²) in [7, 11) is 1.33. The van der Waals surface area contributed by atoms with Gasteiger partial charge in [-0.1, -0.05) is 0 Å². The zero-order valence-electron chi connectivity index (χ0n) is 6.18. The molecule has 0 aliphatic heterocycles.